The fraction of sp³-hybridized carbons (Fsp3) is 0.692. The van der Waals surface area contributed by atoms with Crippen molar-refractivity contribution in [3.8, 4) is 0 Å². The van der Waals surface area contributed by atoms with Crippen LogP contribution in [-0.4, -0.2) is 48.3 Å². The van der Waals surface area contributed by atoms with Crippen LogP contribution in [0.3, 0.4) is 0 Å². The van der Waals surface area contributed by atoms with E-state index in [0.29, 0.717) is 32.5 Å². The van der Waals surface area contributed by atoms with Gasteiger partial charge in [-0.2, -0.15) is 0 Å². The maximum Gasteiger partial charge on any atom is 0.309 e. The molecule has 21 heavy (non-hydrogen) atoms. The highest BCUT2D eigenvalue weighted by Gasteiger charge is 2.37. The summed E-state index contributed by atoms with van der Waals surface area (Å²) in [5, 5.41) is 0. The van der Waals surface area contributed by atoms with Gasteiger partial charge in [-0.3, -0.25) is 30.0 Å². The molecular weight excluding hydrogens is 278 g/mol. The summed E-state index contributed by atoms with van der Waals surface area (Å²) >= 11 is 0. The number of ether oxygens (including phenoxy) is 1. The number of hydrogen-bond acceptors (Lipinski definition) is 5. The number of likely N-dealkylation sites (tertiary alicyclic amines) is 1. The minimum atomic E-state index is -0.958. The first-order chi connectivity index (χ1) is 10.0. The number of hydrazine groups is 1. The van der Waals surface area contributed by atoms with Crippen molar-refractivity contribution in [2.75, 3.05) is 19.7 Å². The van der Waals surface area contributed by atoms with Crippen molar-refractivity contribution >= 4 is 23.7 Å². The van der Waals surface area contributed by atoms with Gasteiger partial charge in [0, 0.05) is 19.5 Å². The first-order valence-corrected chi connectivity index (χ1v) is 7.07. The Morgan fingerprint density at radius 1 is 1.19 bits per heavy atom. The number of hydrogen-bond donors (Lipinski definition) is 2. The van der Waals surface area contributed by atoms with E-state index in [0.717, 1.165) is 0 Å². The molecule has 0 spiro atoms. The highest BCUT2D eigenvalue weighted by molar-refractivity contribution is 6.07. The van der Waals surface area contributed by atoms with Crippen LogP contribution in [0.1, 0.15) is 26.2 Å². The third kappa shape index (κ3) is 3.50. The molecule has 2 N–H and O–H groups in total. The lowest BCUT2D eigenvalue weighted by Gasteiger charge is -2.31. The van der Waals surface area contributed by atoms with Crippen molar-refractivity contribution in [1.82, 2.24) is 15.8 Å². The molecule has 0 aromatic rings. The largest absolute Gasteiger partial charge is 0.466 e. The molecule has 2 heterocycles. The predicted molar refractivity (Wildman–Crippen MR) is 70.3 cm³/mol. The number of esters is 1. The van der Waals surface area contributed by atoms with Crippen molar-refractivity contribution < 1.29 is 23.9 Å². The highest BCUT2D eigenvalue weighted by Crippen LogP contribution is 2.20. The molecule has 2 saturated heterocycles. The van der Waals surface area contributed by atoms with E-state index >= 15 is 0 Å². The van der Waals surface area contributed by atoms with Gasteiger partial charge in [0.1, 0.15) is 5.92 Å². The molecule has 8 nitrogen and oxygen atoms in total. The zero-order valence-corrected chi connectivity index (χ0v) is 11.9. The molecule has 0 saturated carbocycles. The molecule has 0 aromatic carbocycles. The maximum absolute atomic E-state index is 12.1. The van der Waals surface area contributed by atoms with Crippen LogP contribution in [0, 0.1) is 11.8 Å². The first-order valence-electron chi connectivity index (χ1n) is 7.07. The van der Waals surface area contributed by atoms with Gasteiger partial charge in [-0.25, -0.2) is 0 Å². The first kappa shape index (κ1) is 15.3. The van der Waals surface area contributed by atoms with Crippen molar-refractivity contribution in [3.63, 3.8) is 0 Å². The second-order valence-electron chi connectivity index (χ2n) is 5.14. The molecule has 3 amide bonds. The van der Waals surface area contributed by atoms with Crippen molar-refractivity contribution in [2.24, 2.45) is 11.8 Å². The van der Waals surface area contributed by atoms with Gasteiger partial charge in [0.05, 0.1) is 12.5 Å². The summed E-state index contributed by atoms with van der Waals surface area (Å²) in [5.74, 6) is -2.55. The summed E-state index contributed by atoms with van der Waals surface area (Å²) in [6.07, 6.45) is 0.961. The molecule has 0 atom stereocenters. The van der Waals surface area contributed by atoms with Crippen LogP contribution < -0.4 is 10.9 Å². The monoisotopic (exact) mass is 297 g/mol. The van der Waals surface area contributed by atoms with Gasteiger partial charge in [-0.15, -0.1) is 0 Å². The molecule has 0 aliphatic carbocycles. The van der Waals surface area contributed by atoms with E-state index in [9.17, 15) is 19.2 Å². The summed E-state index contributed by atoms with van der Waals surface area (Å²) in [6.45, 7) is 2.99. The van der Waals surface area contributed by atoms with Crippen LogP contribution in [0.4, 0.5) is 0 Å². The Balaban J connectivity index is 1.82. The average Bonchev–Trinajstić information content (AvgIpc) is 2.79. The Kier molecular flexibility index (Phi) is 4.77. The van der Waals surface area contributed by atoms with E-state index in [1.165, 1.54) is 0 Å². The van der Waals surface area contributed by atoms with Crippen molar-refractivity contribution in [3.05, 3.63) is 0 Å². The minimum Gasteiger partial charge on any atom is -0.466 e. The SMILES string of the molecule is CCOC(=O)C1CCN(C(=O)CC2C(=O)NNC2=O)CC1. The molecule has 0 radical (unpaired) electrons. The number of nitrogens with zero attached hydrogens (tertiary/aromatic N) is 1. The van der Waals surface area contributed by atoms with E-state index in [1.807, 2.05) is 0 Å². The van der Waals surface area contributed by atoms with Crippen LogP contribution in [-0.2, 0) is 23.9 Å². The molecule has 116 valence electrons. The smallest absolute Gasteiger partial charge is 0.309 e. The Bertz CT molecular complexity index is 441. The highest BCUT2D eigenvalue weighted by atomic mass is 16.5. The lowest BCUT2D eigenvalue weighted by Crippen LogP contribution is -2.42. The second-order valence-corrected chi connectivity index (χ2v) is 5.14. The lowest BCUT2D eigenvalue weighted by atomic mass is 9.96. The maximum atomic E-state index is 12.1. The predicted octanol–water partition coefficient (Wildman–Crippen LogP) is -1.04. The molecule has 2 rings (SSSR count). The topological polar surface area (TPSA) is 105 Å². The number of amides is 3. The van der Waals surface area contributed by atoms with Gasteiger partial charge in [0.2, 0.25) is 5.91 Å². The third-order valence-corrected chi connectivity index (χ3v) is 3.79. The fourth-order valence-corrected chi connectivity index (χ4v) is 2.53. The number of carbonyl (C=O) groups is 4. The van der Waals surface area contributed by atoms with Gasteiger partial charge in [-0.05, 0) is 19.8 Å². The lowest BCUT2D eigenvalue weighted by molar-refractivity contribution is -0.151. The summed E-state index contributed by atoms with van der Waals surface area (Å²) in [6, 6.07) is 0. The molecule has 2 aliphatic heterocycles. The second kappa shape index (κ2) is 6.55. The number of carbonyl (C=O) groups excluding carboxylic acids is 4. The van der Waals surface area contributed by atoms with Gasteiger partial charge in [0.15, 0.2) is 0 Å². The Hall–Kier alpha value is -2.12. The molecule has 2 fully saturated rings. The van der Waals surface area contributed by atoms with E-state index < -0.39 is 17.7 Å². The number of rotatable bonds is 4. The quantitative estimate of drug-likeness (QED) is 0.509. The van der Waals surface area contributed by atoms with Crippen LogP contribution in [0.25, 0.3) is 0 Å². The van der Waals surface area contributed by atoms with Crippen LogP contribution in [0.15, 0.2) is 0 Å². The molecular formula is C13H19N3O5. The van der Waals surface area contributed by atoms with Crippen LogP contribution >= 0.6 is 0 Å². The average molecular weight is 297 g/mol. The molecule has 0 bridgehead atoms. The van der Waals surface area contributed by atoms with E-state index in [1.54, 1.807) is 11.8 Å². The van der Waals surface area contributed by atoms with Gasteiger partial charge < -0.3 is 9.64 Å². The third-order valence-electron chi connectivity index (χ3n) is 3.79. The zero-order valence-electron chi connectivity index (χ0n) is 11.9. The number of piperidine rings is 1. The van der Waals surface area contributed by atoms with Crippen molar-refractivity contribution in [1.29, 1.82) is 0 Å². The summed E-state index contributed by atoms with van der Waals surface area (Å²) in [7, 11) is 0. The molecule has 0 aromatic heterocycles. The normalized spacial score (nSPS) is 20.1. The van der Waals surface area contributed by atoms with Gasteiger partial charge in [0.25, 0.3) is 11.8 Å². The Morgan fingerprint density at radius 2 is 1.76 bits per heavy atom. The summed E-state index contributed by atoms with van der Waals surface area (Å²) in [5.41, 5.74) is 4.39. The van der Waals surface area contributed by atoms with Gasteiger partial charge >= 0.3 is 5.97 Å². The Morgan fingerprint density at radius 3 is 2.29 bits per heavy atom. The summed E-state index contributed by atoms with van der Waals surface area (Å²) in [4.78, 5) is 48.1. The van der Waals surface area contributed by atoms with Crippen LogP contribution in [0.5, 0.6) is 0 Å². The fourth-order valence-electron chi connectivity index (χ4n) is 2.53. The van der Waals surface area contributed by atoms with E-state index in [-0.39, 0.29) is 24.2 Å². The number of nitrogens with one attached hydrogen (secondary N) is 2. The van der Waals surface area contributed by atoms with E-state index in [4.69, 9.17) is 4.74 Å². The molecule has 8 heteroatoms. The molecule has 0 unspecified atom stereocenters. The summed E-state index contributed by atoms with van der Waals surface area (Å²) < 4.78 is 4.96. The minimum absolute atomic E-state index is 0.137. The van der Waals surface area contributed by atoms with Gasteiger partial charge in [-0.1, -0.05) is 0 Å². The molecule has 2 aliphatic rings. The Labute approximate surface area is 122 Å². The van der Waals surface area contributed by atoms with Crippen molar-refractivity contribution in [2.45, 2.75) is 26.2 Å². The zero-order chi connectivity index (χ0) is 15.4. The standard InChI is InChI=1S/C13H19N3O5/c1-2-21-13(20)8-3-5-16(6-4-8)10(17)7-9-11(18)14-15-12(9)19/h8-9H,2-7H2,1H3,(H,14,18)(H,15,19). The van der Waals surface area contributed by atoms with E-state index in [2.05, 4.69) is 10.9 Å². The van der Waals surface area contributed by atoms with Crippen LogP contribution in [0.2, 0.25) is 0 Å².